The fourth-order valence-electron chi connectivity index (χ4n) is 0.991. The molecule has 0 bridgehead atoms. The molecule has 0 heterocycles. The molecule has 4 heteroatoms. The Kier molecular flexibility index (Phi) is 3.93. The highest BCUT2D eigenvalue weighted by Crippen LogP contribution is 2.23. The van der Waals surface area contributed by atoms with Crippen molar-refractivity contribution < 1.29 is 4.21 Å². The van der Waals surface area contributed by atoms with Crippen LogP contribution in [-0.4, -0.2) is 9.96 Å². The van der Waals surface area contributed by atoms with Crippen molar-refractivity contribution in [2.75, 3.05) is 11.5 Å². The molecule has 13 heavy (non-hydrogen) atoms. The molecule has 1 atom stereocenters. The Balaban J connectivity index is 2.93. The minimum atomic E-state index is -0.809. The van der Waals surface area contributed by atoms with Crippen LogP contribution in [0.25, 0.3) is 0 Å². The SMILES string of the molecule is CCS(=O)Cc1c(N)cccc1Br. The van der Waals surface area contributed by atoms with Gasteiger partial charge >= 0.3 is 0 Å². The second-order valence-electron chi connectivity index (χ2n) is 2.68. The first-order chi connectivity index (χ1) is 6.15. The average Bonchev–Trinajstić information content (AvgIpc) is 2.11. The average molecular weight is 262 g/mol. The van der Waals surface area contributed by atoms with Crippen LogP contribution in [0.3, 0.4) is 0 Å². The maximum atomic E-state index is 11.3. The monoisotopic (exact) mass is 261 g/mol. The van der Waals surface area contributed by atoms with Gasteiger partial charge in [0.25, 0.3) is 0 Å². The summed E-state index contributed by atoms with van der Waals surface area (Å²) in [5.41, 5.74) is 7.41. The lowest BCUT2D eigenvalue weighted by Gasteiger charge is -2.06. The van der Waals surface area contributed by atoms with Crippen LogP contribution in [0.5, 0.6) is 0 Å². The summed E-state index contributed by atoms with van der Waals surface area (Å²) in [7, 11) is -0.809. The standard InChI is InChI=1S/C9H12BrNOS/c1-2-13(12)6-7-8(10)4-3-5-9(7)11/h3-5H,2,6,11H2,1H3. The fourth-order valence-corrected chi connectivity index (χ4v) is 2.55. The molecule has 0 aliphatic heterocycles. The lowest BCUT2D eigenvalue weighted by molar-refractivity contribution is 0.683. The van der Waals surface area contributed by atoms with E-state index in [1.54, 1.807) is 0 Å². The number of anilines is 1. The van der Waals surface area contributed by atoms with Crippen LogP contribution in [0.2, 0.25) is 0 Å². The number of hydrogen-bond acceptors (Lipinski definition) is 2. The number of hydrogen-bond donors (Lipinski definition) is 1. The van der Waals surface area contributed by atoms with E-state index >= 15 is 0 Å². The molecule has 2 N–H and O–H groups in total. The number of rotatable bonds is 3. The highest BCUT2D eigenvalue weighted by molar-refractivity contribution is 9.10. The van der Waals surface area contributed by atoms with Crippen LogP contribution in [0.15, 0.2) is 22.7 Å². The van der Waals surface area contributed by atoms with Crippen LogP contribution >= 0.6 is 15.9 Å². The predicted octanol–water partition coefficient (Wildman–Crippen LogP) is 2.30. The molecule has 0 aliphatic rings. The molecule has 1 rings (SSSR count). The largest absolute Gasteiger partial charge is 0.398 e. The summed E-state index contributed by atoms with van der Waals surface area (Å²) in [4.78, 5) is 0. The molecule has 1 aromatic carbocycles. The molecule has 0 saturated heterocycles. The van der Waals surface area contributed by atoms with Gasteiger partial charge in [-0.1, -0.05) is 28.9 Å². The van der Waals surface area contributed by atoms with Crippen LogP contribution < -0.4 is 5.73 Å². The van der Waals surface area contributed by atoms with Crippen LogP contribution in [-0.2, 0) is 16.6 Å². The predicted molar refractivity (Wildman–Crippen MR) is 60.9 cm³/mol. The molecule has 0 aromatic heterocycles. The van der Waals surface area contributed by atoms with E-state index < -0.39 is 10.8 Å². The normalized spacial score (nSPS) is 12.8. The van der Waals surface area contributed by atoms with Gasteiger partial charge in [0.15, 0.2) is 0 Å². The van der Waals surface area contributed by atoms with Crippen molar-refractivity contribution in [3.05, 3.63) is 28.2 Å². The van der Waals surface area contributed by atoms with Crippen molar-refractivity contribution in [2.45, 2.75) is 12.7 Å². The zero-order chi connectivity index (χ0) is 9.84. The molecule has 0 spiro atoms. The summed E-state index contributed by atoms with van der Waals surface area (Å²) in [6.07, 6.45) is 0. The smallest absolute Gasteiger partial charge is 0.0517 e. The number of nitrogens with two attached hydrogens (primary N) is 1. The van der Waals surface area contributed by atoms with E-state index in [4.69, 9.17) is 5.73 Å². The maximum absolute atomic E-state index is 11.3. The highest BCUT2D eigenvalue weighted by atomic mass is 79.9. The zero-order valence-corrected chi connectivity index (χ0v) is 9.82. The third-order valence-corrected chi connectivity index (χ3v) is 3.78. The van der Waals surface area contributed by atoms with Gasteiger partial charge in [-0.05, 0) is 12.1 Å². The van der Waals surface area contributed by atoms with Gasteiger partial charge in [-0.2, -0.15) is 0 Å². The molecular formula is C9H12BrNOS. The maximum Gasteiger partial charge on any atom is 0.0517 e. The Labute approximate surface area is 89.1 Å². The first kappa shape index (κ1) is 10.7. The molecule has 72 valence electrons. The Hall–Kier alpha value is -0.350. The molecular weight excluding hydrogens is 250 g/mol. The summed E-state index contributed by atoms with van der Waals surface area (Å²) >= 11 is 3.39. The molecule has 0 radical (unpaired) electrons. The molecule has 0 saturated carbocycles. The summed E-state index contributed by atoms with van der Waals surface area (Å²) in [5, 5.41) is 0. The van der Waals surface area contributed by atoms with E-state index in [1.807, 2.05) is 25.1 Å². The molecule has 0 fully saturated rings. The van der Waals surface area contributed by atoms with E-state index in [0.717, 1.165) is 10.0 Å². The van der Waals surface area contributed by atoms with Gasteiger partial charge in [-0.25, -0.2) is 0 Å². The van der Waals surface area contributed by atoms with Crippen LogP contribution in [0, 0.1) is 0 Å². The van der Waals surface area contributed by atoms with E-state index in [9.17, 15) is 4.21 Å². The minimum Gasteiger partial charge on any atom is -0.398 e. The molecule has 2 nitrogen and oxygen atoms in total. The van der Waals surface area contributed by atoms with Crippen molar-refractivity contribution in [3.63, 3.8) is 0 Å². The van der Waals surface area contributed by atoms with Crippen molar-refractivity contribution >= 4 is 32.4 Å². The topological polar surface area (TPSA) is 43.1 Å². The van der Waals surface area contributed by atoms with E-state index in [1.165, 1.54) is 0 Å². The first-order valence-electron chi connectivity index (χ1n) is 4.03. The van der Waals surface area contributed by atoms with Gasteiger partial charge in [0.2, 0.25) is 0 Å². The Morgan fingerprint density at radius 2 is 2.23 bits per heavy atom. The van der Waals surface area contributed by atoms with Crippen molar-refractivity contribution in [3.8, 4) is 0 Å². The van der Waals surface area contributed by atoms with Crippen LogP contribution in [0.4, 0.5) is 5.69 Å². The van der Waals surface area contributed by atoms with Crippen molar-refractivity contribution in [1.29, 1.82) is 0 Å². The lowest BCUT2D eigenvalue weighted by atomic mass is 10.2. The van der Waals surface area contributed by atoms with Gasteiger partial charge in [0.1, 0.15) is 0 Å². The van der Waals surface area contributed by atoms with Crippen molar-refractivity contribution in [2.24, 2.45) is 0 Å². The van der Waals surface area contributed by atoms with Gasteiger partial charge < -0.3 is 5.73 Å². The fraction of sp³-hybridized carbons (Fsp3) is 0.333. The third kappa shape index (κ3) is 2.81. The molecule has 0 amide bonds. The quantitative estimate of drug-likeness (QED) is 0.849. The van der Waals surface area contributed by atoms with Crippen molar-refractivity contribution in [1.82, 2.24) is 0 Å². The summed E-state index contributed by atoms with van der Waals surface area (Å²) in [6.45, 7) is 1.91. The highest BCUT2D eigenvalue weighted by Gasteiger charge is 2.06. The van der Waals surface area contributed by atoms with Crippen LogP contribution in [0.1, 0.15) is 12.5 Å². The molecule has 0 aliphatic carbocycles. The Morgan fingerprint density at radius 3 is 2.77 bits per heavy atom. The molecule has 1 aromatic rings. The summed E-state index contributed by atoms with van der Waals surface area (Å²) in [6, 6.07) is 5.61. The van der Waals surface area contributed by atoms with E-state index in [-0.39, 0.29) is 0 Å². The first-order valence-corrected chi connectivity index (χ1v) is 6.31. The second-order valence-corrected chi connectivity index (χ2v) is 5.28. The summed E-state index contributed by atoms with van der Waals surface area (Å²) in [5.74, 6) is 1.20. The van der Waals surface area contributed by atoms with Gasteiger partial charge in [0, 0.05) is 32.3 Å². The molecule has 1 unspecified atom stereocenters. The minimum absolute atomic E-state index is 0.532. The Bertz CT molecular complexity index is 307. The second kappa shape index (κ2) is 4.77. The van der Waals surface area contributed by atoms with E-state index in [0.29, 0.717) is 17.2 Å². The van der Waals surface area contributed by atoms with Gasteiger partial charge in [-0.3, -0.25) is 4.21 Å². The van der Waals surface area contributed by atoms with Gasteiger partial charge in [0.05, 0.1) is 5.75 Å². The zero-order valence-electron chi connectivity index (χ0n) is 7.42. The Morgan fingerprint density at radius 1 is 1.54 bits per heavy atom. The number of halogens is 1. The third-order valence-electron chi connectivity index (χ3n) is 1.78. The number of nitrogen functional groups attached to an aromatic ring is 1. The number of benzene rings is 1. The lowest BCUT2D eigenvalue weighted by Crippen LogP contribution is -2.02. The van der Waals surface area contributed by atoms with E-state index in [2.05, 4.69) is 15.9 Å². The summed E-state index contributed by atoms with van der Waals surface area (Å²) < 4.78 is 12.3. The van der Waals surface area contributed by atoms with Gasteiger partial charge in [-0.15, -0.1) is 0 Å².